The van der Waals surface area contributed by atoms with Gasteiger partial charge in [-0.2, -0.15) is 0 Å². The molecule has 2 fully saturated rings. The summed E-state index contributed by atoms with van der Waals surface area (Å²) >= 11 is 1.42. The first-order chi connectivity index (χ1) is 15.3. The van der Waals surface area contributed by atoms with Crippen LogP contribution in [0.4, 0.5) is 11.4 Å². The summed E-state index contributed by atoms with van der Waals surface area (Å²) in [6.45, 7) is 2.82. The molecule has 1 aliphatic heterocycles. The second-order valence-corrected chi connectivity index (χ2v) is 9.15. The predicted molar refractivity (Wildman–Crippen MR) is 122 cm³/mol. The van der Waals surface area contributed by atoms with Crippen molar-refractivity contribution in [3.63, 3.8) is 0 Å². The van der Waals surface area contributed by atoms with Gasteiger partial charge in [-0.05, 0) is 68.5 Å². The maximum atomic E-state index is 12.5. The van der Waals surface area contributed by atoms with E-state index in [2.05, 4.69) is 37.1 Å². The van der Waals surface area contributed by atoms with E-state index in [-0.39, 0.29) is 11.7 Å². The Labute approximate surface area is 186 Å². The molecule has 3 aromatic rings. The first-order valence-electron chi connectivity index (χ1n) is 11.0. The molecule has 31 heavy (non-hydrogen) atoms. The summed E-state index contributed by atoms with van der Waals surface area (Å²) in [5, 5.41) is 12.5. The molecule has 1 N–H and O–H groups in total. The lowest BCUT2D eigenvalue weighted by molar-refractivity contribution is -0.113. The lowest BCUT2D eigenvalue weighted by Crippen LogP contribution is -2.29. The normalized spacial score (nSPS) is 16.5. The molecule has 0 radical (unpaired) electrons. The fourth-order valence-corrected chi connectivity index (χ4v) is 4.74. The quantitative estimate of drug-likeness (QED) is 0.522. The molecule has 1 saturated heterocycles. The number of hydrogen-bond donors (Lipinski definition) is 1. The topological polar surface area (TPSA) is 76.2 Å². The lowest BCUT2D eigenvalue weighted by Gasteiger charge is -2.28. The third-order valence-corrected chi connectivity index (χ3v) is 6.75. The highest BCUT2D eigenvalue weighted by atomic mass is 32.2. The fraction of sp³-hybridized carbons (Fsp3) is 0.435. The highest BCUT2D eigenvalue weighted by Crippen LogP contribution is 2.40. The van der Waals surface area contributed by atoms with Crippen LogP contribution in [0.2, 0.25) is 0 Å². The molecular formula is C23H27N5O2S. The minimum absolute atomic E-state index is 0.0451. The van der Waals surface area contributed by atoms with Crippen LogP contribution in [0.25, 0.3) is 0 Å². The van der Waals surface area contributed by atoms with Crippen molar-refractivity contribution >= 4 is 29.0 Å². The first-order valence-corrected chi connectivity index (χ1v) is 12.0. The second-order valence-electron chi connectivity index (χ2n) is 8.21. The SMILES string of the molecule is O=C(CSc1nnc(C2CC2)n1Cc1ccco1)Nc1ccc(N2CCCCC2)cc1. The number of piperidine rings is 1. The molecule has 7 nitrogen and oxygen atoms in total. The molecule has 2 aliphatic rings. The molecule has 0 bridgehead atoms. The van der Waals surface area contributed by atoms with Crippen LogP contribution >= 0.6 is 11.8 Å². The zero-order chi connectivity index (χ0) is 21.0. The van der Waals surface area contributed by atoms with Gasteiger partial charge in [0.05, 0.1) is 18.6 Å². The fourth-order valence-electron chi connectivity index (χ4n) is 3.99. The van der Waals surface area contributed by atoms with Crippen molar-refractivity contribution in [3.05, 3.63) is 54.2 Å². The Morgan fingerprint density at radius 1 is 1.10 bits per heavy atom. The number of nitrogens with one attached hydrogen (secondary N) is 1. The Morgan fingerprint density at radius 3 is 2.61 bits per heavy atom. The molecule has 1 saturated carbocycles. The zero-order valence-electron chi connectivity index (χ0n) is 17.5. The number of carbonyl (C=O) groups is 1. The van der Waals surface area contributed by atoms with Gasteiger partial charge in [0.25, 0.3) is 0 Å². The summed E-state index contributed by atoms with van der Waals surface area (Å²) in [6, 6.07) is 12.0. The number of carbonyl (C=O) groups excluding carboxylic acids is 1. The summed E-state index contributed by atoms with van der Waals surface area (Å²) in [5.74, 6) is 2.57. The van der Waals surface area contributed by atoms with Crippen LogP contribution in [-0.4, -0.2) is 39.5 Å². The third-order valence-electron chi connectivity index (χ3n) is 5.79. The number of aromatic nitrogens is 3. The van der Waals surface area contributed by atoms with E-state index < -0.39 is 0 Å². The maximum absolute atomic E-state index is 12.5. The third kappa shape index (κ3) is 4.95. The minimum atomic E-state index is -0.0451. The molecule has 0 unspecified atom stereocenters. The number of hydrogen-bond acceptors (Lipinski definition) is 6. The van der Waals surface area contributed by atoms with Crippen LogP contribution in [0.3, 0.4) is 0 Å². The molecule has 0 atom stereocenters. The average molecular weight is 438 g/mol. The van der Waals surface area contributed by atoms with Gasteiger partial charge in [0.15, 0.2) is 5.16 Å². The Bertz CT molecular complexity index is 1010. The summed E-state index contributed by atoms with van der Waals surface area (Å²) < 4.78 is 7.59. The van der Waals surface area contributed by atoms with Crippen molar-refractivity contribution in [1.82, 2.24) is 14.8 Å². The summed E-state index contributed by atoms with van der Waals surface area (Å²) in [6.07, 6.45) is 7.79. The van der Waals surface area contributed by atoms with Gasteiger partial charge in [-0.3, -0.25) is 9.36 Å². The molecule has 8 heteroatoms. The smallest absolute Gasteiger partial charge is 0.234 e. The Morgan fingerprint density at radius 2 is 1.90 bits per heavy atom. The number of benzene rings is 1. The van der Waals surface area contributed by atoms with Crippen molar-refractivity contribution in [2.45, 2.75) is 49.7 Å². The van der Waals surface area contributed by atoms with E-state index in [4.69, 9.17) is 4.42 Å². The van der Waals surface area contributed by atoms with Crippen molar-refractivity contribution in [1.29, 1.82) is 0 Å². The number of amides is 1. The molecule has 162 valence electrons. The lowest BCUT2D eigenvalue weighted by atomic mass is 10.1. The number of furan rings is 1. The van der Waals surface area contributed by atoms with E-state index in [1.165, 1.54) is 36.7 Å². The van der Waals surface area contributed by atoms with Gasteiger partial charge in [-0.1, -0.05) is 11.8 Å². The van der Waals surface area contributed by atoms with Crippen LogP contribution in [0.15, 0.2) is 52.2 Å². The summed E-state index contributed by atoms with van der Waals surface area (Å²) in [5.41, 5.74) is 2.05. The van der Waals surface area contributed by atoms with Crippen LogP contribution in [0, 0.1) is 0 Å². The largest absolute Gasteiger partial charge is 0.467 e. The Balaban J connectivity index is 1.19. The zero-order valence-corrected chi connectivity index (χ0v) is 18.3. The Hall–Kier alpha value is -2.74. The van der Waals surface area contributed by atoms with Crippen LogP contribution < -0.4 is 10.2 Å². The van der Waals surface area contributed by atoms with E-state index in [9.17, 15) is 4.79 Å². The van der Waals surface area contributed by atoms with E-state index in [0.29, 0.717) is 12.5 Å². The predicted octanol–water partition coefficient (Wildman–Crippen LogP) is 4.52. The van der Waals surface area contributed by atoms with Crippen LogP contribution in [0.1, 0.15) is 49.6 Å². The average Bonchev–Trinajstić information content (AvgIpc) is 3.36. The monoisotopic (exact) mass is 437 g/mol. The van der Waals surface area contributed by atoms with Gasteiger partial charge in [0.2, 0.25) is 5.91 Å². The molecule has 1 amide bonds. The Kier molecular flexibility index (Phi) is 5.97. The van der Waals surface area contributed by atoms with Crippen molar-refractivity contribution in [2.75, 3.05) is 29.1 Å². The van der Waals surface area contributed by atoms with Gasteiger partial charge in [-0.15, -0.1) is 10.2 Å². The van der Waals surface area contributed by atoms with Crippen molar-refractivity contribution in [2.24, 2.45) is 0 Å². The first kappa shape index (κ1) is 20.2. The second kappa shape index (κ2) is 9.18. The van der Waals surface area contributed by atoms with Crippen molar-refractivity contribution in [3.8, 4) is 0 Å². The summed E-state index contributed by atoms with van der Waals surface area (Å²) in [4.78, 5) is 14.9. The van der Waals surface area contributed by atoms with Gasteiger partial charge in [0, 0.05) is 30.4 Å². The molecule has 3 heterocycles. The van der Waals surface area contributed by atoms with Crippen molar-refractivity contribution < 1.29 is 9.21 Å². The number of anilines is 2. The minimum Gasteiger partial charge on any atom is -0.467 e. The molecular weight excluding hydrogens is 410 g/mol. The van der Waals surface area contributed by atoms with Gasteiger partial charge < -0.3 is 14.6 Å². The van der Waals surface area contributed by atoms with E-state index in [0.717, 1.165) is 48.4 Å². The molecule has 2 aromatic heterocycles. The van der Waals surface area contributed by atoms with E-state index >= 15 is 0 Å². The van der Waals surface area contributed by atoms with Gasteiger partial charge in [-0.25, -0.2) is 0 Å². The maximum Gasteiger partial charge on any atom is 0.234 e. The number of thioether (sulfide) groups is 1. The van der Waals surface area contributed by atoms with Gasteiger partial charge in [0.1, 0.15) is 11.6 Å². The van der Waals surface area contributed by atoms with E-state index in [1.807, 2.05) is 24.3 Å². The molecule has 1 aromatic carbocycles. The molecule has 5 rings (SSSR count). The van der Waals surface area contributed by atoms with Gasteiger partial charge >= 0.3 is 0 Å². The standard InChI is InChI=1S/C23H27N5O2S/c29-21(24-18-8-10-19(11-9-18)27-12-2-1-3-13-27)16-31-23-26-25-22(17-6-7-17)28(23)15-20-5-4-14-30-20/h4-5,8-11,14,17H,1-3,6-7,12-13,15-16H2,(H,24,29). The number of nitrogens with zero attached hydrogens (tertiary/aromatic N) is 4. The highest BCUT2D eigenvalue weighted by molar-refractivity contribution is 7.99. The summed E-state index contributed by atoms with van der Waals surface area (Å²) in [7, 11) is 0. The van der Waals surface area contributed by atoms with Crippen LogP contribution in [0.5, 0.6) is 0 Å². The van der Waals surface area contributed by atoms with E-state index in [1.54, 1.807) is 6.26 Å². The molecule has 1 aliphatic carbocycles. The van der Waals surface area contributed by atoms with Crippen LogP contribution in [-0.2, 0) is 11.3 Å². The molecule has 0 spiro atoms. The highest BCUT2D eigenvalue weighted by Gasteiger charge is 2.30. The number of rotatable bonds is 8.